The van der Waals surface area contributed by atoms with Gasteiger partial charge in [0.05, 0.1) is 0 Å². The molecule has 0 aromatic heterocycles. The van der Waals surface area contributed by atoms with Crippen molar-refractivity contribution in [2.45, 2.75) is 78.3 Å². The van der Waals surface area contributed by atoms with Crippen LogP contribution in [0.4, 0.5) is 0 Å². The van der Waals surface area contributed by atoms with Crippen molar-refractivity contribution in [2.24, 2.45) is 0 Å². The van der Waals surface area contributed by atoms with E-state index in [9.17, 15) is 0 Å². The van der Waals surface area contributed by atoms with Crippen LogP contribution in [-0.4, -0.2) is 8.07 Å². The molecule has 0 radical (unpaired) electrons. The van der Waals surface area contributed by atoms with Crippen molar-refractivity contribution in [2.75, 3.05) is 0 Å². The van der Waals surface area contributed by atoms with Crippen LogP contribution in [0.3, 0.4) is 0 Å². The van der Waals surface area contributed by atoms with Gasteiger partial charge in [-0.05, 0) is 0 Å². The smallest absolute Gasteiger partial charge is 1.00 e. The molecule has 0 atom stereocenters. The topological polar surface area (TPSA) is 0 Å². The summed E-state index contributed by atoms with van der Waals surface area (Å²) >= 11 is 0. The normalized spacial score (nSPS) is 16.2. The Morgan fingerprint density at radius 3 is 1.54 bits per heavy atom. The first-order valence-corrected chi connectivity index (χ1v) is 11.7. The van der Waals surface area contributed by atoms with Crippen LogP contribution in [0.2, 0.25) is 13.1 Å². The molecule has 2 aliphatic rings. The van der Waals surface area contributed by atoms with Gasteiger partial charge in [-0.1, -0.05) is 73.5 Å². The first-order chi connectivity index (χ1) is 10.1. The summed E-state index contributed by atoms with van der Waals surface area (Å²) in [7, 11) is -1.54. The summed E-state index contributed by atoms with van der Waals surface area (Å²) in [5, 5.41) is 3.33. The van der Waals surface area contributed by atoms with Crippen LogP contribution in [0, 0.1) is 12.2 Å². The van der Waals surface area contributed by atoms with Crippen LogP contribution >= 0.6 is 0 Å². The Morgan fingerprint density at radius 2 is 1.21 bits per heavy atom. The van der Waals surface area contributed by atoms with Crippen molar-refractivity contribution < 1.29 is 46.5 Å². The predicted octanol–water partition coefficient (Wildman–Crippen LogP) is 0.278. The molecule has 0 spiro atoms. The molecule has 0 N–H and O–H groups in total. The fraction of sp³-hybridized carbons (Fsp3) is 0.600. The molecule has 0 nitrogen and oxygen atoms in total. The van der Waals surface area contributed by atoms with E-state index in [0.29, 0.717) is 0 Å². The molecular weight excluding hydrogens is 387 g/mol. The van der Waals surface area contributed by atoms with E-state index in [1.165, 1.54) is 49.7 Å². The Labute approximate surface area is 178 Å². The first-order valence-electron chi connectivity index (χ1n) is 8.72. The van der Waals surface area contributed by atoms with Crippen LogP contribution in [0.1, 0.15) is 65.2 Å². The number of halogens is 2. The van der Waals surface area contributed by atoms with Crippen molar-refractivity contribution >= 4 is 8.07 Å². The number of hydrogen-bond acceptors (Lipinski definition) is 0. The molecule has 0 saturated heterocycles. The average Bonchev–Trinajstić information content (AvgIpc) is 3.11. The zero-order valence-corrected chi connectivity index (χ0v) is 19.6. The summed E-state index contributed by atoms with van der Waals surface area (Å²) in [5.41, 5.74) is 3.08. The Bertz CT molecular complexity index is 458. The van der Waals surface area contributed by atoms with Gasteiger partial charge in [0, 0.05) is 0 Å². The molecule has 0 saturated carbocycles. The molecule has 0 aromatic rings. The second-order valence-corrected chi connectivity index (χ2v) is 11.1. The Morgan fingerprint density at radius 1 is 0.833 bits per heavy atom. The second kappa shape index (κ2) is 12.8. The van der Waals surface area contributed by atoms with Crippen LogP contribution in [0.5, 0.6) is 0 Å². The molecule has 2 aliphatic carbocycles. The van der Waals surface area contributed by atoms with E-state index in [2.05, 4.69) is 51.2 Å². The minimum atomic E-state index is -1.54. The van der Waals surface area contributed by atoms with E-state index >= 15 is 0 Å². The van der Waals surface area contributed by atoms with Crippen molar-refractivity contribution in [1.29, 1.82) is 0 Å². The molecular formula is C20H30Cl2SiTi. The van der Waals surface area contributed by atoms with Crippen molar-refractivity contribution in [1.82, 2.24) is 0 Å². The van der Waals surface area contributed by atoms with E-state index in [4.69, 9.17) is 0 Å². The van der Waals surface area contributed by atoms with Gasteiger partial charge >= 0.3 is 21.7 Å². The minimum absolute atomic E-state index is 0. The molecule has 0 fully saturated rings. The van der Waals surface area contributed by atoms with E-state index < -0.39 is 8.07 Å². The van der Waals surface area contributed by atoms with Gasteiger partial charge in [-0.25, -0.2) is 21.5 Å². The van der Waals surface area contributed by atoms with E-state index in [-0.39, 0.29) is 46.5 Å². The average molecular weight is 417 g/mol. The van der Waals surface area contributed by atoms with E-state index in [0.717, 1.165) is 12.8 Å². The summed E-state index contributed by atoms with van der Waals surface area (Å²) in [6.07, 6.45) is 21.9. The van der Waals surface area contributed by atoms with Gasteiger partial charge in [-0.2, -0.15) is 12.2 Å². The second-order valence-electron chi connectivity index (χ2n) is 6.79. The number of unbranched alkanes of at least 4 members (excludes halogenated alkanes) is 2. The maximum Gasteiger partial charge on any atom is 4.00 e. The van der Waals surface area contributed by atoms with Gasteiger partial charge < -0.3 is 24.8 Å². The maximum atomic E-state index is 3.63. The summed E-state index contributed by atoms with van der Waals surface area (Å²) in [6, 6.07) is 0. The Hall–Kier alpha value is 0.471. The molecule has 132 valence electrons. The largest absolute Gasteiger partial charge is 4.00 e. The number of rotatable bonds is 8. The van der Waals surface area contributed by atoms with Crippen LogP contribution < -0.4 is 24.8 Å². The van der Waals surface area contributed by atoms with E-state index in [1.807, 2.05) is 0 Å². The third-order valence-corrected chi connectivity index (χ3v) is 8.51. The van der Waals surface area contributed by atoms with Gasteiger partial charge in [0.1, 0.15) is 0 Å². The van der Waals surface area contributed by atoms with Gasteiger partial charge in [-0.3, -0.25) is 12.2 Å². The minimum Gasteiger partial charge on any atom is -1.00 e. The summed E-state index contributed by atoms with van der Waals surface area (Å²) < 4.78 is 0. The van der Waals surface area contributed by atoms with Crippen molar-refractivity contribution in [3.8, 4) is 0 Å². The molecule has 24 heavy (non-hydrogen) atoms. The fourth-order valence-corrected chi connectivity index (χ4v) is 7.00. The van der Waals surface area contributed by atoms with Gasteiger partial charge in [0.25, 0.3) is 0 Å². The monoisotopic (exact) mass is 416 g/mol. The van der Waals surface area contributed by atoms with Crippen LogP contribution in [0.25, 0.3) is 0 Å². The summed E-state index contributed by atoms with van der Waals surface area (Å²) in [4.78, 5) is 0. The quantitative estimate of drug-likeness (QED) is 0.393. The Kier molecular flexibility index (Phi) is 14.2. The van der Waals surface area contributed by atoms with E-state index in [1.54, 1.807) is 10.4 Å². The molecule has 0 unspecified atom stereocenters. The molecule has 2 rings (SSSR count). The molecule has 0 aliphatic heterocycles. The van der Waals surface area contributed by atoms with Crippen LogP contribution in [-0.2, 0) is 21.7 Å². The summed E-state index contributed by atoms with van der Waals surface area (Å²) in [6.45, 7) is 9.62. The number of allylic oxidation sites excluding steroid dienone is 8. The predicted molar refractivity (Wildman–Crippen MR) is 95.4 cm³/mol. The van der Waals surface area contributed by atoms with Crippen LogP contribution in [0.15, 0.2) is 33.7 Å². The molecule has 0 aromatic carbocycles. The zero-order chi connectivity index (χ0) is 15.3. The van der Waals surface area contributed by atoms with Crippen molar-refractivity contribution in [3.05, 3.63) is 45.8 Å². The number of hydrogen-bond donors (Lipinski definition) is 0. The van der Waals surface area contributed by atoms with Gasteiger partial charge in [-0.15, -0.1) is 12.8 Å². The Balaban J connectivity index is 0. The van der Waals surface area contributed by atoms with Gasteiger partial charge in [0.15, 0.2) is 0 Å². The molecule has 0 amide bonds. The third kappa shape index (κ3) is 6.32. The standard InChI is InChI=1S/C20H30Si.2ClH.Ti/c1-5-7-11-17-13-9-15-19(17)21(3,4)20-16-10-14-18(20)12-8-6-2;;;/h15-16H,5-12H2,1-4H3;2*1H;/q-2;;;+4/p-2. The first kappa shape index (κ1) is 26.7. The molecule has 4 heteroatoms. The molecule has 0 heterocycles. The SMILES string of the molecule is CCCCC1=[C-]CC=C1[Si](C)(C)C1=CC[C-]=C1CCCC.[Cl-].[Cl-].[Ti+4]. The maximum absolute atomic E-state index is 3.63. The zero-order valence-electron chi connectivity index (χ0n) is 15.6. The summed E-state index contributed by atoms with van der Waals surface area (Å²) in [5.74, 6) is 0. The van der Waals surface area contributed by atoms with Gasteiger partial charge in [0.2, 0.25) is 0 Å². The third-order valence-electron chi connectivity index (χ3n) is 4.80. The molecule has 0 bridgehead atoms. The van der Waals surface area contributed by atoms with Crippen molar-refractivity contribution in [3.63, 3.8) is 0 Å². The fourth-order valence-electron chi connectivity index (χ4n) is 3.55.